The predicted molar refractivity (Wildman–Crippen MR) is 67.6 cm³/mol. The van der Waals surface area contributed by atoms with Gasteiger partial charge in [0.15, 0.2) is 0 Å². The summed E-state index contributed by atoms with van der Waals surface area (Å²) in [6.07, 6.45) is 4.06. The highest BCUT2D eigenvalue weighted by atomic mass is 16.5. The van der Waals surface area contributed by atoms with Crippen molar-refractivity contribution in [3.63, 3.8) is 0 Å². The summed E-state index contributed by atoms with van der Waals surface area (Å²) in [5.74, 6) is -0.0186. The first kappa shape index (κ1) is 14.5. The van der Waals surface area contributed by atoms with Crippen LogP contribution in [0.2, 0.25) is 0 Å². The van der Waals surface area contributed by atoms with Crippen molar-refractivity contribution in [3.8, 4) is 0 Å². The van der Waals surface area contributed by atoms with E-state index in [1.807, 2.05) is 27.7 Å². The monoisotopic (exact) mass is 242 g/mol. The van der Waals surface area contributed by atoms with Gasteiger partial charge >= 0.3 is 5.97 Å². The maximum absolute atomic E-state index is 11.7. The van der Waals surface area contributed by atoms with Gasteiger partial charge < -0.3 is 9.84 Å². The van der Waals surface area contributed by atoms with Gasteiger partial charge in [0.25, 0.3) is 0 Å². The summed E-state index contributed by atoms with van der Waals surface area (Å²) >= 11 is 0. The summed E-state index contributed by atoms with van der Waals surface area (Å²) in [7, 11) is 0. The van der Waals surface area contributed by atoms with Crippen LogP contribution in [-0.2, 0) is 9.53 Å². The Morgan fingerprint density at radius 1 is 1.35 bits per heavy atom. The minimum atomic E-state index is -0.654. The molecule has 3 atom stereocenters. The summed E-state index contributed by atoms with van der Waals surface area (Å²) in [6, 6.07) is 0. The van der Waals surface area contributed by atoms with Gasteiger partial charge in [0.2, 0.25) is 0 Å². The van der Waals surface area contributed by atoms with Crippen LogP contribution in [0.5, 0.6) is 0 Å². The third kappa shape index (κ3) is 3.01. The van der Waals surface area contributed by atoms with Crippen molar-refractivity contribution < 1.29 is 14.6 Å². The molecule has 3 nitrogen and oxygen atoms in total. The second-order valence-electron chi connectivity index (χ2n) is 5.28. The average molecular weight is 242 g/mol. The molecule has 0 bridgehead atoms. The van der Waals surface area contributed by atoms with Gasteiger partial charge in [-0.15, -0.1) is 0 Å². The van der Waals surface area contributed by atoms with Crippen LogP contribution in [0.3, 0.4) is 0 Å². The number of hydrogen-bond acceptors (Lipinski definition) is 3. The Morgan fingerprint density at radius 2 is 1.94 bits per heavy atom. The van der Waals surface area contributed by atoms with Crippen molar-refractivity contribution in [2.45, 2.75) is 71.5 Å². The highest BCUT2D eigenvalue weighted by Crippen LogP contribution is 2.42. The van der Waals surface area contributed by atoms with Crippen LogP contribution in [0, 0.1) is 11.8 Å². The zero-order valence-electron chi connectivity index (χ0n) is 11.5. The molecule has 3 heteroatoms. The molecular formula is C14H26O3. The zero-order valence-corrected chi connectivity index (χ0v) is 11.5. The lowest BCUT2D eigenvalue weighted by Gasteiger charge is -2.46. The van der Waals surface area contributed by atoms with Crippen LogP contribution in [0.4, 0.5) is 0 Å². The van der Waals surface area contributed by atoms with Gasteiger partial charge in [0.1, 0.15) is 6.10 Å². The third-order valence-corrected chi connectivity index (χ3v) is 4.41. The van der Waals surface area contributed by atoms with E-state index >= 15 is 0 Å². The average Bonchev–Trinajstić information content (AvgIpc) is 2.32. The molecule has 1 rings (SSSR count). The molecular weight excluding hydrogens is 216 g/mol. The molecule has 0 aromatic rings. The van der Waals surface area contributed by atoms with E-state index in [4.69, 9.17) is 4.74 Å². The van der Waals surface area contributed by atoms with Crippen molar-refractivity contribution in [3.05, 3.63) is 0 Å². The lowest BCUT2D eigenvalue weighted by Crippen LogP contribution is -2.51. The molecule has 1 aliphatic rings. The molecule has 0 saturated heterocycles. The van der Waals surface area contributed by atoms with E-state index in [1.165, 1.54) is 0 Å². The predicted octanol–water partition coefficient (Wildman–Crippen LogP) is 2.91. The number of carbonyl (C=O) groups excluding carboxylic acids is 1. The molecule has 0 aliphatic heterocycles. The largest absolute Gasteiger partial charge is 0.462 e. The van der Waals surface area contributed by atoms with E-state index in [-0.39, 0.29) is 23.9 Å². The number of ether oxygens (including phenoxy) is 1. The number of esters is 1. The Kier molecular flexibility index (Phi) is 4.99. The summed E-state index contributed by atoms with van der Waals surface area (Å²) in [6.45, 7) is 7.87. The summed E-state index contributed by atoms with van der Waals surface area (Å²) < 4.78 is 5.50. The Hall–Kier alpha value is -0.570. The van der Waals surface area contributed by atoms with Crippen molar-refractivity contribution in [2.24, 2.45) is 11.8 Å². The topological polar surface area (TPSA) is 46.5 Å². The second-order valence-corrected chi connectivity index (χ2v) is 5.28. The van der Waals surface area contributed by atoms with Gasteiger partial charge in [-0.25, -0.2) is 0 Å². The molecule has 100 valence electrons. The van der Waals surface area contributed by atoms with Crippen LogP contribution < -0.4 is 0 Å². The van der Waals surface area contributed by atoms with E-state index in [0.29, 0.717) is 0 Å². The van der Waals surface area contributed by atoms with E-state index in [2.05, 4.69) is 0 Å². The zero-order chi connectivity index (χ0) is 13.1. The van der Waals surface area contributed by atoms with Crippen LogP contribution in [-0.4, -0.2) is 22.8 Å². The minimum Gasteiger partial charge on any atom is -0.462 e. The van der Waals surface area contributed by atoms with Crippen LogP contribution in [0.1, 0.15) is 59.8 Å². The normalized spacial score (nSPS) is 26.2. The Labute approximate surface area is 105 Å². The molecule has 1 aliphatic carbocycles. The van der Waals surface area contributed by atoms with E-state index in [0.717, 1.165) is 32.1 Å². The molecule has 0 aromatic heterocycles. The van der Waals surface area contributed by atoms with Gasteiger partial charge in [0, 0.05) is 5.92 Å². The fourth-order valence-corrected chi connectivity index (χ4v) is 2.43. The lowest BCUT2D eigenvalue weighted by molar-refractivity contribution is -0.179. The first-order valence-electron chi connectivity index (χ1n) is 6.91. The molecule has 17 heavy (non-hydrogen) atoms. The quantitative estimate of drug-likeness (QED) is 0.728. The maximum atomic E-state index is 11.7. The van der Waals surface area contributed by atoms with Crippen molar-refractivity contribution in [1.29, 1.82) is 0 Å². The van der Waals surface area contributed by atoms with Crippen molar-refractivity contribution in [1.82, 2.24) is 0 Å². The molecule has 1 fully saturated rings. The van der Waals surface area contributed by atoms with Crippen molar-refractivity contribution in [2.75, 3.05) is 0 Å². The van der Waals surface area contributed by atoms with Gasteiger partial charge in [-0.3, -0.25) is 4.79 Å². The van der Waals surface area contributed by atoms with Gasteiger partial charge in [-0.1, -0.05) is 27.7 Å². The Balaban J connectivity index is 2.54. The van der Waals surface area contributed by atoms with Gasteiger partial charge in [-0.2, -0.15) is 0 Å². The summed E-state index contributed by atoms with van der Waals surface area (Å²) in [5, 5.41) is 10.4. The third-order valence-electron chi connectivity index (χ3n) is 4.41. The van der Waals surface area contributed by atoms with E-state index < -0.39 is 5.60 Å². The van der Waals surface area contributed by atoms with Crippen LogP contribution in [0.15, 0.2) is 0 Å². The summed E-state index contributed by atoms with van der Waals surface area (Å²) in [5.41, 5.74) is -0.654. The molecule has 0 heterocycles. The number of rotatable bonds is 6. The molecule has 0 aromatic carbocycles. The standard InChI is InChI=1S/C14H26O3/c1-5-10(4)13(15)17-12-9-8-11(12)14(16,6-2)7-3/h10-12,16H,5-9H2,1-4H3. The first-order valence-corrected chi connectivity index (χ1v) is 6.91. The van der Waals surface area contributed by atoms with Crippen LogP contribution >= 0.6 is 0 Å². The smallest absolute Gasteiger partial charge is 0.308 e. The fourth-order valence-electron chi connectivity index (χ4n) is 2.43. The highest BCUT2D eigenvalue weighted by Gasteiger charge is 2.46. The number of hydrogen-bond donors (Lipinski definition) is 1. The molecule has 0 spiro atoms. The minimum absolute atomic E-state index is 0.0346. The first-order chi connectivity index (χ1) is 7.98. The van der Waals surface area contributed by atoms with E-state index in [1.54, 1.807) is 0 Å². The van der Waals surface area contributed by atoms with E-state index in [9.17, 15) is 9.90 Å². The number of aliphatic hydroxyl groups is 1. The highest BCUT2D eigenvalue weighted by molar-refractivity contribution is 5.72. The molecule has 3 unspecified atom stereocenters. The van der Waals surface area contributed by atoms with Gasteiger partial charge in [0.05, 0.1) is 11.5 Å². The SMILES string of the molecule is CCC(C)C(=O)OC1CCC1C(O)(CC)CC. The Morgan fingerprint density at radius 3 is 2.29 bits per heavy atom. The lowest BCUT2D eigenvalue weighted by atomic mass is 9.68. The maximum Gasteiger partial charge on any atom is 0.308 e. The molecule has 1 saturated carbocycles. The summed E-state index contributed by atoms with van der Waals surface area (Å²) in [4.78, 5) is 11.7. The second kappa shape index (κ2) is 5.85. The van der Waals surface area contributed by atoms with Gasteiger partial charge in [-0.05, 0) is 32.1 Å². The number of carbonyl (C=O) groups is 1. The molecule has 0 amide bonds. The fraction of sp³-hybridized carbons (Fsp3) is 0.929. The Bertz CT molecular complexity index is 258. The molecule has 1 N–H and O–H groups in total. The van der Waals surface area contributed by atoms with Crippen molar-refractivity contribution >= 4 is 5.97 Å². The molecule has 0 radical (unpaired) electrons. The van der Waals surface area contributed by atoms with Crippen LogP contribution in [0.25, 0.3) is 0 Å².